The molecule has 3 saturated heterocycles. The third-order valence-corrected chi connectivity index (χ3v) is 21.4. The van der Waals surface area contributed by atoms with Gasteiger partial charge in [0.15, 0.2) is 17.5 Å². The van der Waals surface area contributed by atoms with Crippen LogP contribution in [0.2, 0.25) is 5.15 Å². The molecule has 22 heteroatoms. The van der Waals surface area contributed by atoms with Gasteiger partial charge in [-0.15, -0.1) is 10.2 Å². The van der Waals surface area contributed by atoms with Gasteiger partial charge in [-0.1, -0.05) is 48.0 Å². The fourth-order valence-electron chi connectivity index (χ4n) is 16.1. The van der Waals surface area contributed by atoms with Gasteiger partial charge < -0.3 is 48.6 Å². The predicted octanol–water partition coefficient (Wildman–Crippen LogP) is 12.8. The Hall–Kier alpha value is -10.5. The Bertz CT molecular complexity index is 5110. The van der Waals surface area contributed by atoms with E-state index in [1.165, 1.54) is 65.3 Å². The highest BCUT2D eigenvalue weighted by molar-refractivity contribution is 6.32. The van der Waals surface area contributed by atoms with E-state index >= 15 is 0 Å². The second kappa shape index (κ2) is 27.5. The number of benzene rings is 6. The number of β-amino-alcohol motifs (C(OH)–C–C–N with tert-alkyl or cyclic N) is 1. The predicted molar refractivity (Wildman–Crippen MR) is 398 cm³/mol. The SMILES string of the molecule is CN(C)C[C@H]1CCN(c2ccc3c(c2)Cn2c(cc(-c4ccc(C#N)cc4)c2Cl)-c2nncn2-3)C1.CNC[C@@H]1CCN(c2ccc3c(c2)Cn2cc(-c4ccc(F)cc4)cc2-c2nccn2-3)C1.Cc1cc(N2C[C@@H](CN(C)C)[C@H](O)C2)cc2c1-n1ncnc1-c1cc(-c3ccc(F)cc3)cn1C2. The summed E-state index contributed by atoms with van der Waals surface area (Å²) in [4.78, 5) is 21.0. The lowest BCUT2D eigenvalue weighted by Gasteiger charge is -2.22. The van der Waals surface area contributed by atoms with Gasteiger partial charge in [-0.25, -0.2) is 23.4 Å². The van der Waals surface area contributed by atoms with Gasteiger partial charge >= 0.3 is 0 Å². The number of hydrogen-bond donors (Lipinski definition) is 2. The van der Waals surface area contributed by atoms with E-state index < -0.39 is 0 Å². The van der Waals surface area contributed by atoms with Gasteiger partial charge in [0.1, 0.15) is 29.4 Å². The normalized spacial score (nSPS) is 17.5. The minimum Gasteiger partial charge on any atom is -0.391 e. The van der Waals surface area contributed by atoms with Gasteiger partial charge in [0.25, 0.3) is 0 Å². The van der Waals surface area contributed by atoms with Crippen LogP contribution in [0.15, 0.2) is 177 Å². The number of nitriles is 1. The monoisotopic (exact) mass is 1380 g/mol. The number of aryl methyl sites for hydroxylation is 1. The summed E-state index contributed by atoms with van der Waals surface area (Å²) >= 11 is 6.98. The Morgan fingerprint density at radius 3 is 1.87 bits per heavy atom. The number of fused-ring (bicyclic) bond motifs is 15. The zero-order chi connectivity index (χ0) is 70.0. The second-order valence-corrected chi connectivity index (χ2v) is 28.9. The molecule has 102 heavy (non-hydrogen) atoms. The molecule has 19 nitrogen and oxygen atoms in total. The van der Waals surface area contributed by atoms with Crippen molar-refractivity contribution in [1.82, 2.24) is 67.9 Å². The van der Waals surface area contributed by atoms with Crippen LogP contribution in [0.25, 0.3) is 85.0 Å². The molecule has 0 unspecified atom stereocenters. The molecule has 4 atom stereocenters. The first kappa shape index (κ1) is 66.1. The third kappa shape index (κ3) is 12.8. The second-order valence-electron chi connectivity index (χ2n) is 28.6. The van der Waals surface area contributed by atoms with Gasteiger partial charge in [0.2, 0.25) is 0 Å². The average molecular weight is 1380 g/mol. The third-order valence-electron chi connectivity index (χ3n) is 20.9. The van der Waals surface area contributed by atoms with E-state index in [1.54, 1.807) is 24.8 Å². The van der Waals surface area contributed by atoms with E-state index in [0.29, 0.717) is 42.2 Å². The van der Waals surface area contributed by atoms with Crippen molar-refractivity contribution >= 4 is 28.7 Å². The molecule has 12 heterocycles. The van der Waals surface area contributed by atoms with Crippen LogP contribution < -0.4 is 20.0 Å². The van der Waals surface area contributed by atoms with Crippen molar-refractivity contribution in [1.29, 1.82) is 5.26 Å². The topological polar surface area (TPSA) is 166 Å². The van der Waals surface area contributed by atoms with Crippen molar-refractivity contribution in [3.63, 3.8) is 0 Å². The molecule has 3 fully saturated rings. The first-order chi connectivity index (χ1) is 49.6. The van der Waals surface area contributed by atoms with Crippen molar-refractivity contribution < 1.29 is 13.9 Å². The van der Waals surface area contributed by atoms with Crippen LogP contribution in [0.4, 0.5) is 25.8 Å². The minimum atomic E-state index is -0.340. The Morgan fingerprint density at radius 1 is 0.608 bits per heavy atom. The van der Waals surface area contributed by atoms with E-state index in [4.69, 9.17) is 16.9 Å². The molecule has 6 aromatic carbocycles. The molecule has 12 aromatic rings. The Kier molecular flexibility index (Phi) is 17.8. The number of halogens is 3. The number of aliphatic hydroxyl groups is 1. The number of imidazole rings is 1. The maximum absolute atomic E-state index is 13.5. The number of hydrogen-bond acceptors (Lipinski definition) is 13. The highest BCUT2D eigenvalue weighted by Gasteiger charge is 2.35. The smallest absolute Gasteiger partial charge is 0.185 e. The number of rotatable bonds is 12. The molecule has 6 aliphatic heterocycles. The molecule has 0 spiro atoms. The summed E-state index contributed by atoms with van der Waals surface area (Å²) in [6.45, 7) is 13.1. The van der Waals surface area contributed by atoms with Crippen LogP contribution in [-0.2, 0) is 19.6 Å². The van der Waals surface area contributed by atoms with Crippen molar-refractivity contribution in [3.8, 4) is 91.1 Å². The summed E-state index contributed by atoms with van der Waals surface area (Å²) in [6.07, 6.45) is 13.6. The van der Waals surface area contributed by atoms with Crippen LogP contribution in [-0.4, -0.2) is 168 Å². The molecule has 2 N–H and O–H groups in total. The van der Waals surface area contributed by atoms with Crippen molar-refractivity contribution in [2.45, 2.75) is 45.5 Å². The summed E-state index contributed by atoms with van der Waals surface area (Å²) in [5.41, 5.74) is 21.3. The van der Waals surface area contributed by atoms with Crippen molar-refractivity contribution in [3.05, 3.63) is 222 Å². The minimum absolute atomic E-state index is 0.217. The molecule has 0 radical (unpaired) electrons. The van der Waals surface area contributed by atoms with Crippen molar-refractivity contribution in [2.24, 2.45) is 17.8 Å². The molecular formula is C80H81ClF2N18O. The molecule has 0 amide bonds. The molecule has 18 rings (SSSR count). The first-order valence-corrected chi connectivity index (χ1v) is 35.4. The number of nitrogens with one attached hydrogen (secondary N) is 1. The Balaban J connectivity index is 0.000000119. The molecule has 6 aliphatic rings. The van der Waals surface area contributed by atoms with Crippen LogP contribution >= 0.6 is 11.6 Å². The lowest BCUT2D eigenvalue weighted by atomic mass is 10.1. The maximum atomic E-state index is 13.5. The number of aliphatic hydroxyl groups excluding tert-OH is 1. The Labute approximate surface area is 597 Å². The highest BCUT2D eigenvalue weighted by atomic mass is 35.5. The largest absolute Gasteiger partial charge is 0.391 e. The van der Waals surface area contributed by atoms with E-state index in [0.717, 1.165) is 155 Å². The summed E-state index contributed by atoms with van der Waals surface area (Å²) in [6, 6.07) is 47.2. The van der Waals surface area contributed by atoms with Crippen LogP contribution in [0.5, 0.6) is 0 Å². The van der Waals surface area contributed by atoms with E-state index in [1.807, 2.05) is 74.6 Å². The zero-order valence-electron chi connectivity index (χ0n) is 58.1. The van der Waals surface area contributed by atoms with Crippen LogP contribution in [0.1, 0.15) is 40.7 Å². The zero-order valence-corrected chi connectivity index (χ0v) is 58.9. The van der Waals surface area contributed by atoms with Gasteiger partial charge in [0.05, 0.1) is 58.4 Å². The fraction of sp³-hybridized carbons (Fsp3) is 0.300. The summed E-state index contributed by atoms with van der Waals surface area (Å²) in [5, 5.41) is 37.0. The van der Waals surface area contributed by atoms with Gasteiger partial charge in [0, 0.05) is 130 Å². The molecule has 0 aliphatic carbocycles. The lowest BCUT2D eigenvalue weighted by molar-refractivity contribution is 0.130. The molecule has 6 aromatic heterocycles. The first-order valence-electron chi connectivity index (χ1n) is 35.0. The lowest BCUT2D eigenvalue weighted by Crippen LogP contribution is -2.29. The summed E-state index contributed by atoms with van der Waals surface area (Å²) in [5.74, 6) is 3.64. The number of anilines is 3. The summed E-state index contributed by atoms with van der Waals surface area (Å²) < 4.78 is 39.6. The van der Waals surface area contributed by atoms with Gasteiger partial charge in [-0.2, -0.15) is 10.4 Å². The Morgan fingerprint density at radius 2 is 1.22 bits per heavy atom. The molecule has 518 valence electrons. The molecule has 0 saturated carbocycles. The fourth-order valence-corrected chi connectivity index (χ4v) is 16.4. The molecular weight excluding hydrogens is 1300 g/mol. The van der Waals surface area contributed by atoms with E-state index in [-0.39, 0.29) is 23.7 Å². The maximum Gasteiger partial charge on any atom is 0.185 e. The van der Waals surface area contributed by atoms with E-state index in [9.17, 15) is 13.9 Å². The van der Waals surface area contributed by atoms with Gasteiger partial charge in [-0.05, 0) is 215 Å². The summed E-state index contributed by atoms with van der Waals surface area (Å²) in [7, 11) is 10.4. The van der Waals surface area contributed by atoms with Crippen LogP contribution in [0.3, 0.4) is 0 Å². The van der Waals surface area contributed by atoms with Gasteiger partial charge in [-0.3, -0.25) is 9.13 Å². The highest BCUT2D eigenvalue weighted by Crippen LogP contribution is 2.43. The van der Waals surface area contributed by atoms with E-state index in [2.05, 4.69) is 184 Å². The van der Waals surface area contributed by atoms with Crippen LogP contribution in [0, 0.1) is 47.6 Å². The number of nitrogens with zero attached hydrogens (tertiary/aromatic N) is 17. The molecule has 0 bridgehead atoms. The quantitative estimate of drug-likeness (QED) is 0.119. The van der Waals surface area contributed by atoms with Crippen molar-refractivity contribution in [2.75, 3.05) is 109 Å². The number of aromatic nitrogens is 11. The standard InChI is InChI=1S/C27H26ClN7.C27H29FN6O.C26H26FN5/c1-32(2)14-19-9-10-33(15-19)22-7-8-24-21(11-22)16-34-25(27-31-30-17-35(24)27)12-23(26(34)28)20-5-3-18(13-29)4-6-20;1-17-8-23(32-14-21(11-31(2)3)25(35)15-32)9-20-13-33-12-19(18-4-6-22(28)7-5-18)10-24(33)27-29-16-30-34(27)26(17)20;1-28-14-18-8-10-30(15-18)23-6-7-24-21(12-23)17-31-16-20(19-2-4-22(27)5-3-19)13-25(31)26-29-9-11-32(24)26/h3-8,11-12,17,19H,9-10,14-16H2,1-2H3;4-10,12,16,21,25,35H,11,13-15H2,1-3H3;2-7,9,11-13,16,18,28H,8,10,14-15,17H2,1H3/t19-;21-,25-;18-/m110/s1. The average Bonchev–Trinajstić information content (AvgIpc) is 1.59.